The summed E-state index contributed by atoms with van der Waals surface area (Å²) in [4.78, 5) is 11.6. The highest BCUT2D eigenvalue weighted by Gasteiger charge is 2.46. The lowest BCUT2D eigenvalue weighted by atomic mass is 10.3. The molecule has 0 aliphatic rings. The average Bonchev–Trinajstić information content (AvgIpc) is 2.57. The number of alkyl halides is 2. The van der Waals surface area contributed by atoms with Gasteiger partial charge in [0, 0.05) is 0 Å². The number of carbonyl (C=O) groups excluding carboxylic acids is 1. The Morgan fingerprint density at radius 2 is 1.59 bits per heavy atom. The van der Waals surface area contributed by atoms with Crippen molar-refractivity contribution < 1.29 is 40.8 Å². The van der Waals surface area contributed by atoms with Crippen molar-refractivity contribution in [3.63, 3.8) is 0 Å². The van der Waals surface area contributed by atoms with E-state index in [2.05, 4.69) is 0 Å². The van der Waals surface area contributed by atoms with E-state index < -0.39 is 61.9 Å². The zero-order chi connectivity index (χ0) is 20.8. The summed E-state index contributed by atoms with van der Waals surface area (Å²) in [6.45, 7) is 4.89. The number of urea groups is 1. The van der Waals surface area contributed by atoms with Gasteiger partial charge in [-0.1, -0.05) is 26.2 Å². The van der Waals surface area contributed by atoms with Gasteiger partial charge in [0.25, 0.3) is 16.2 Å². The second-order valence-corrected chi connectivity index (χ2v) is 7.40. The van der Waals surface area contributed by atoms with Crippen molar-refractivity contribution in [2.75, 3.05) is 5.12 Å². The highest BCUT2D eigenvalue weighted by atomic mass is 28.2. The van der Waals surface area contributed by atoms with Gasteiger partial charge in [-0.3, -0.25) is 0 Å². The van der Waals surface area contributed by atoms with E-state index in [1.54, 1.807) is 27.7 Å². The van der Waals surface area contributed by atoms with E-state index in [9.17, 15) is 26.9 Å². The molecule has 0 aliphatic heterocycles. The van der Waals surface area contributed by atoms with E-state index in [4.69, 9.17) is 13.9 Å². The Morgan fingerprint density at radius 1 is 1.07 bits per heavy atom. The van der Waals surface area contributed by atoms with E-state index in [1.807, 2.05) is 0 Å². The summed E-state index contributed by atoms with van der Waals surface area (Å²) in [6.07, 6.45) is -0.885. The third-order valence-corrected chi connectivity index (χ3v) is 3.91. The van der Waals surface area contributed by atoms with Crippen LogP contribution in [0.4, 0.5) is 32.6 Å². The zero-order valence-electron chi connectivity index (χ0n) is 15.2. The molecular formula is C15H21F5N2O4Si. The number of carbonyl (C=O) groups is 1. The number of benzene rings is 1. The van der Waals surface area contributed by atoms with E-state index >= 15 is 0 Å². The van der Waals surface area contributed by atoms with Gasteiger partial charge in [-0.25, -0.2) is 9.18 Å². The van der Waals surface area contributed by atoms with Crippen LogP contribution in [0.2, 0.25) is 0 Å². The number of ether oxygens (including phenoxy) is 2. The first-order chi connectivity index (χ1) is 12.5. The molecule has 27 heavy (non-hydrogen) atoms. The number of halogens is 5. The first kappa shape index (κ1) is 23.3. The molecule has 1 rings (SSSR count). The van der Waals surface area contributed by atoms with Crippen molar-refractivity contribution in [2.45, 2.75) is 52.0 Å². The lowest BCUT2D eigenvalue weighted by molar-refractivity contribution is -0.281. The molecule has 0 saturated carbocycles. The maximum atomic E-state index is 13.9. The number of anilines is 1. The van der Waals surface area contributed by atoms with E-state index in [0.29, 0.717) is 0 Å². The minimum absolute atomic E-state index is 0.443. The molecule has 1 aromatic rings. The molecule has 0 aromatic heterocycles. The lowest BCUT2D eigenvalue weighted by Gasteiger charge is -2.28. The second-order valence-electron chi connectivity index (χ2n) is 5.93. The van der Waals surface area contributed by atoms with Gasteiger partial charge in [0.2, 0.25) is 0 Å². The van der Waals surface area contributed by atoms with Crippen LogP contribution >= 0.6 is 0 Å². The van der Waals surface area contributed by atoms with Crippen molar-refractivity contribution in [1.82, 2.24) is 5.12 Å². The molecule has 0 spiro atoms. The Labute approximate surface area is 155 Å². The van der Waals surface area contributed by atoms with Crippen LogP contribution in [0.3, 0.4) is 0 Å². The van der Waals surface area contributed by atoms with Crippen LogP contribution in [-0.2, 0) is 13.9 Å². The SMILES string of the molecule is CC(C)OC(O[SiH2]C(F)(F)N(F)C(=O)N(F)c1ccccc1F)OC(C)C. The third-order valence-electron chi connectivity index (χ3n) is 2.85. The average molecular weight is 416 g/mol. The molecule has 0 heterocycles. The molecule has 12 heteroatoms. The molecule has 0 fully saturated rings. The van der Waals surface area contributed by atoms with Crippen LogP contribution in [0.15, 0.2) is 24.3 Å². The van der Waals surface area contributed by atoms with Gasteiger partial charge >= 0.3 is 11.7 Å². The van der Waals surface area contributed by atoms with E-state index in [-0.39, 0.29) is 0 Å². The van der Waals surface area contributed by atoms with Crippen molar-refractivity contribution in [3.8, 4) is 0 Å². The third kappa shape index (κ3) is 7.05. The molecule has 2 amide bonds. The Bertz CT molecular complexity index is 614. The number of hydrogen-bond acceptors (Lipinski definition) is 4. The molecule has 0 unspecified atom stereocenters. The second kappa shape index (κ2) is 9.97. The van der Waals surface area contributed by atoms with Crippen molar-refractivity contribution in [2.24, 2.45) is 0 Å². The Morgan fingerprint density at radius 3 is 2.07 bits per heavy atom. The maximum absolute atomic E-state index is 13.9. The fraction of sp³-hybridized carbons (Fsp3) is 0.533. The molecule has 0 aliphatic carbocycles. The van der Waals surface area contributed by atoms with Gasteiger partial charge in [-0.05, 0) is 39.8 Å². The zero-order valence-corrected chi connectivity index (χ0v) is 16.6. The Hall–Kier alpha value is -1.76. The normalized spacial score (nSPS) is 12.6. The molecule has 0 bridgehead atoms. The number of hydrogen-bond donors (Lipinski definition) is 0. The summed E-state index contributed by atoms with van der Waals surface area (Å²) in [5.74, 6) is -1.23. The minimum atomic E-state index is -4.44. The molecule has 1 aromatic carbocycles. The number of rotatable bonds is 9. The summed E-state index contributed by atoms with van der Waals surface area (Å²) in [6, 6.07) is 1.51. The van der Waals surface area contributed by atoms with Crippen molar-refractivity contribution in [1.29, 1.82) is 0 Å². The van der Waals surface area contributed by atoms with Gasteiger partial charge < -0.3 is 13.9 Å². The maximum Gasteiger partial charge on any atom is 0.386 e. The van der Waals surface area contributed by atoms with Crippen LogP contribution < -0.4 is 5.12 Å². The molecule has 0 saturated heterocycles. The van der Waals surface area contributed by atoms with Crippen LogP contribution in [0, 0.1) is 5.82 Å². The van der Waals surface area contributed by atoms with E-state index in [0.717, 1.165) is 18.2 Å². The predicted octanol–water partition coefficient (Wildman–Crippen LogP) is 3.61. The molecule has 6 nitrogen and oxygen atoms in total. The molecule has 154 valence electrons. The Balaban J connectivity index is 2.79. The molecule has 0 atom stereocenters. The topological polar surface area (TPSA) is 51.2 Å². The standard InChI is InChI=1S/C15H21F5N2O4Si/c1-9(2)24-14(25-10(3)4)26-27-15(17,18)22(20)13(23)21(19)12-8-6-5-7-11(12)16/h5-10,14H,27H2,1-4H3. The van der Waals surface area contributed by atoms with Crippen molar-refractivity contribution in [3.05, 3.63) is 30.1 Å². The smallest absolute Gasteiger partial charge is 0.369 e. The molecular weight excluding hydrogens is 395 g/mol. The van der Waals surface area contributed by atoms with Gasteiger partial charge in [0.1, 0.15) is 11.5 Å². The molecule has 0 N–H and O–H groups in total. The number of amides is 2. The van der Waals surface area contributed by atoms with Gasteiger partial charge in [-0.2, -0.15) is 8.78 Å². The fourth-order valence-corrected chi connectivity index (χ4v) is 2.45. The number of para-hydroxylation sites is 1. The summed E-state index contributed by atoms with van der Waals surface area (Å²) in [7, 11) is -3.15. The fourth-order valence-electron chi connectivity index (χ4n) is 1.71. The van der Waals surface area contributed by atoms with Gasteiger partial charge in [0.05, 0.1) is 12.2 Å². The van der Waals surface area contributed by atoms with Crippen LogP contribution in [0.25, 0.3) is 0 Å². The number of nitrogens with zero attached hydrogens (tertiary/aromatic N) is 2. The van der Waals surface area contributed by atoms with Crippen LogP contribution in [0.5, 0.6) is 0 Å². The predicted molar refractivity (Wildman–Crippen MR) is 89.1 cm³/mol. The first-order valence-electron chi connectivity index (χ1n) is 7.96. The Kier molecular flexibility index (Phi) is 8.59. The minimum Gasteiger partial charge on any atom is -0.369 e. The van der Waals surface area contributed by atoms with Crippen molar-refractivity contribution >= 4 is 21.5 Å². The summed E-state index contributed by atoms with van der Waals surface area (Å²) >= 11 is 0. The summed E-state index contributed by atoms with van der Waals surface area (Å²) < 4.78 is 84.1. The highest BCUT2D eigenvalue weighted by molar-refractivity contribution is 6.31. The summed E-state index contributed by atoms with van der Waals surface area (Å²) in [5.41, 5.74) is -5.45. The first-order valence-corrected chi connectivity index (χ1v) is 9.25. The van der Waals surface area contributed by atoms with Crippen LogP contribution in [0.1, 0.15) is 27.7 Å². The monoisotopic (exact) mass is 416 g/mol. The summed E-state index contributed by atoms with van der Waals surface area (Å²) in [5, 5.41) is -2.68. The largest absolute Gasteiger partial charge is 0.386 e. The van der Waals surface area contributed by atoms with Gasteiger partial charge in [0.15, 0.2) is 0 Å². The van der Waals surface area contributed by atoms with Gasteiger partial charge in [-0.15, -0.1) is 5.12 Å². The quantitative estimate of drug-likeness (QED) is 0.203. The van der Waals surface area contributed by atoms with E-state index in [1.165, 1.54) is 6.07 Å². The highest BCUT2D eigenvalue weighted by Crippen LogP contribution is 2.26. The molecule has 0 radical (unpaired) electrons. The van der Waals surface area contributed by atoms with Crippen LogP contribution in [-0.4, -0.2) is 45.3 Å². The lowest BCUT2D eigenvalue weighted by Crippen LogP contribution is -2.50.